The summed E-state index contributed by atoms with van der Waals surface area (Å²) in [7, 11) is 4.39. The summed E-state index contributed by atoms with van der Waals surface area (Å²) >= 11 is 1.77. The van der Waals surface area contributed by atoms with Gasteiger partial charge in [0.25, 0.3) is 0 Å². The van der Waals surface area contributed by atoms with E-state index in [4.69, 9.17) is 0 Å². The third-order valence-corrected chi connectivity index (χ3v) is 6.60. The van der Waals surface area contributed by atoms with Crippen molar-refractivity contribution in [2.45, 2.75) is 36.8 Å². The van der Waals surface area contributed by atoms with Crippen LogP contribution < -0.4 is 4.90 Å². The van der Waals surface area contributed by atoms with Gasteiger partial charge in [-0.15, -0.1) is 10.2 Å². The second-order valence-electron chi connectivity index (χ2n) is 7.88. The highest BCUT2D eigenvalue weighted by Gasteiger charge is 2.25. The molecule has 4 aromatic rings. The SMILES string of the molecule is CC[C@H](c1nnc(SCc2cccc3ccccc23)n1Cc1ccccc1)[NH+](C)C. The highest BCUT2D eigenvalue weighted by molar-refractivity contribution is 7.98. The van der Waals surface area contributed by atoms with E-state index in [0.717, 1.165) is 29.7 Å². The molecule has 0 spiro atoms. The molecule has 154 valence electrons. The molecule has 1 aromatic heterocycles. The topological polar surface area (TPSA) is 35.1 Å². The second kappa shape index (κ2) is 9.45. The molecule has 0 radical (unpaired) electrons. The normalized spacial score (nSPS) is 12.5. The number of nitrogens with zero attached hydrogens (tertiary/aromatic N) is 3. The minimum Gasteiger partial charge on any atom is -0.331 e. The molecule has 4 rings (SSSR count). The Balaban J connectivity index is 1.66. The van der Waals surface area contributed by atoms with Gasteiger partial charge in [-0.1, -0.05) is 91.5 Å². The molecule has 30 heavy (non-hydrogen) atoms. The van der Waals surface area contributed by atoms with Crippen molar-refractivity contribution in [2.24, 2.45) is 0 Å². The van der Waals surface area contributed by atoms with Crippen molar-refractivity contribution in [3.8, 4) is 0 Å². The minimum absolute atomic E-state index is 0.327. The number of hydrogen-bond donors (Lipinski definition) is 1. The lowest BCUT2D eigenvalue weighted by atomic mass is 10.1. The molecule has 0 bridgehead atoms. The van der Waals surface area contributed by atoms with E-state index in [1.807, 2.05) is 0 Å². The molecule has 0 unspecified atom stereocenters. The van der Waals surface area contributed by atoms with Gasteiger partial charge in [0, 0.05) is 12.2 Å². The molecule has 1 heterocycles. The predicted octanol–water partition coefficient (Wildman–Crippen LogP) is 4.37. The number of hydrogen-bond acceptors (Lipinski definition) is 3. The molecule has 1 atom stereocenters. The summed E-state index contributed by atoms with van der Waals surface area (Å²) in [5.74, 6) is 1.95. The van der Waals surface area contributed by atoms with Gasteiger partial charge in [0.2, 0.25) is 0 Å². The van der Waals surface area contributed by atoms with Gasteiger partial charge in [-0.25, -0.2) is 0 Å². The standard InChI is InChI=1S/C25H28N4S/c1-4-23(28(2)3)24-26-27-25(29(24)17-19-11-6-5-7-12-19)30-18-21-15-10-14-20-13-8-9-16-22(20)21/h5-16,23H,4,17-18H2,1-3H3/p+1/t23-/m1/s1. The Morgan fingerprint density at radius 1 is 0.900 bits per heavy atom. The molecule has 3 aromatic carbocycles. The van der Waals surface area contributed by atoms with Gasteiger partial charge in [-0.05, 0) is 21.9 Å². The van der Waals surface area contributed by atoms with Crippen molar-refractivity contribution in [1.82, 2.24) is 14.8 Å². The van der Waals surface area contributed by atoms with E-state index in [-0.39, 0.29) is 0 Å². The molecule has 1 N–H and O–H groups in total. The van der Waals surface area contributed by atoms with E-state index in [9.17, 15) is 0 Å². The summed E-state index contributed by atoms with van der Waals surface area (Å²) in [4.78, 5) is 1.38. The highest BCUT2D eigenvalue weighted by Crippen LogP contribution is 2.28. The molecule has 4 nitrogen and oxygen atoms in total. The van der Waals surface area contributed by atoms with Gasteiger partial charge in [0.1, 0.15) is 6.04 Å². The van der Waals surface area contributed by atoms with Gasteiger partial charge in [-0.2, -0.15) is 0 Å². The van der Waals surface area contributed by atoms with Crippen molar-refractivity contribution in [2.75, 3.05) is 14.1 Å². The van der Waals surface area contributed by atoms with E-state index in [0.29, 0.717) is 6.04 Å². The Hall–Kier alpha value is -2.63. The monoisotopic (exact) mass is 417 g/mol. The van der Waals surface area contributed by atoms with Crippen LogP contribution in [0, 0.1) is 0 Å². The summed E-state index contributed by atoms with van der Waals surface area (Å²) in [5.41, 5.74) is 2.60. The lowest BCUT2D eigenvalue weighted by Gasteiger charge is -2.20. The second-order valence-corrected chi connectivity index (χ2v) is 8.82. The molecule has 5 heteroatoms. The first-order valence-electron chi connectivity index (χ1n) is 10.5. The summed E-state index contributed by atoms with van der Waals surface area (Å²) in [6, 6.07) is 26.0. The Kier molecular flexibility index (Phi) is 6.50. The molecule has 0 aliphatic carbocycles. The van der Waals surface area contributed by atoms with Crippen molar-refractivity contribution in [3.63, 3.8) is 0 Å². The fourth-order valence-corrected chi connectivity index (χ4v) is 4.94. The predicted molar refractivity (Wildman–Crippen MR) is 125 cm³/mol. The number of rotatable bonds is 8. The van der Waals surface area contributed by atoms with Crippen LogP contribution in [0.2, 0.25) is 0 Å². The van der Waals surface area contributed by atoms with Gasteiger partial charge >= 0.3 is 0 Å². The molecule has 0 amide bonds. The average Bonchev–Trinajstić information content (AvgIpc) is 3.15. The molecular weight excluding hydrogens is 388 g/mol. The molecular formula is C25H29N4S+. The summed E-state index contributed by atoms with van der Waals surface area (Å²) in [6.07, 6.45) is 1.03. The van der Waals surface area contributed by atoms with Crippen LogP contribution in [0.25, 0.3) is 10.8 Å². The van der Waals surface area contributed by atoms with Crippen LogP contribution in [0.15, 0.2) is 78.0 Å². The van der Waals surface area contributed by atoms with Crippen LogP contribution in [0.1, 0.15) is 36.3 Å². The average molecular weight is 418 g/mol. The summed E-state index contributed by atoms with van der Waals surface area (Å²) < 4.78 is 2.31. The highest BCUT2D eigenvalue weighted by atomic mass is 32.2. The Morgan fingerprint density at radius 2 is 1.63 bits per heavy atom. The maximum atomic E-state index is 4.65. The van der Waals surface area contributed by atoms with Crippen LogP contribution in [-0.4, -0.2) is 28.9 Å². The number of thioether (sulfide) groups is 1. The van der Waals surface area contributed by atoms with Crippen molar-refractivity contribution < 1.29 is 4.90 Å². The van der Waals surface area contributed by atoms with Crippen LogP contribution in [0.4, 0.5) is 0 Å². The third kappa shape index (κ3) is 4.42. The van der Waals surface area contributed by atoms with Crippen molar-refractivity contribution in [3.05, 3.63) is 89.7 Å². The van der Waals surface area contributed by atoms with Crippen molar-refractivity contribution >= 4 is 22.5 Å². The smallest absolute Gasteiger partial charge is 0.192 e. The number of aromatic nitrogens is 3. The first kappa shape index (κ1) is 20.6. The zero-order valence-corrected chi connectivity index (χ0v) is 18.7. The number of benzene rings is 3. The van der Waals surface area contributed by atoms with Gasteiger partial charge in [0.05, 0.1) is 20.6 Å². The van der Waals surface area contributed by atoms with Gasteiger partial charge in [0.15, 0.2) is 11.0 Å². The number of fused-ring (bicyclic) bond motifs is 1. The zero-order chi connectivity index (χ0) is 20.9. The van der Waals surface area contributed by atoms with Crippen LogP contribution >= 0.6 is 11.8 Å². The number of nitrogens with one attached hydrogen (secondary N) is 1. The quantitative estimate of drug-likeness (QED) is 0.433. The first-order chi connectivity index (χ1) is 14.7. The summed E-state index contributed by atoms with van der Waals surface area (Å²) in [5, 5.41) is 12.9. The largest absolute Gasteiger partial charge is 0.331 e. The Morgan fingerprint density at radius 3 is 2.40 bits per heavy atom. The summed E-state index contributed by atoms with van der Waals surface area (Å²) in [6.45, 7) is 3.02. The zero-order valence-electron chi connectivity index (χ0n) is 17.9. The molecule has 0 aliphatic heterocycles. The van der Waals surface area contributed by atoms with Gasteiger partial charge < -0.3 is 4.90 Å². The molecule has 0 aliphatic rings. The van der Waals surface area contributed by atoms with E-state index in [1.54, 1.807) is 11.8 Å². The Bertz CT molecular complexity index is 1100. The third-order valence-electron chi connectivity index (χ3n) is 5.58. The van der Waals surface area contributed by atoms with E-state index < -0.39 is 0 Å². The van der Waals surface area contributed by atoms with Crippen LogP contribution in [0.3, 0.4) is 0 Å². The molecule has 0 saturated carbocycles. The van der Waals surface area contributed by atoms with E-state index in [2.05, 4.69) is 109 Å². The molecule has 0 fully saturated rings. The van der Waals surface area contributed by atoms with E-state index in [1.165, 1.54) is 26.8 Å². The van der Waals surface area contributed by atoms with Gasteiger partial charge in [-0.3, -0.25) is 4.57 Å². The lowest BCUT2D eigenvalue weighted by molar-refractivity contribution is -0.893. The fraction of sp³-hybridized carbons (Fsp3) is 0.280. The number of quaternary nitrogens is 1. The maximum absolute atomic E-state index is 4.65. The van der Waals surface area contributed by atoms with Crippen LogP contribution in [0.5, 0.6) is 0 Å². The first-order valence-corrected chi connectivity index (χ1v) is 11.5. The lowest BCUT2D eigenvalue weighted by Crippen LogP contribution is -3.06. The molecule has 0 saturated heterocycles. The van der Waals surface area contributed by atoms with Crippen molar-refractivity contribution in [1.29, 1.82) is 0 Å². The fourth-order valence-electron chi connectivity index (χ4n) is 3.99. The Labute approximate surface area is 182 Å². The van der Waals surface area contributed by atoms with Crippen LogP contribution in [-0.2, 0) is 12.3 Å². The maximum Gasteiger partial charge on any atom is 0.192 e. The van der Waals surface area contributed by atoms with E-state index >= 15 is 0 Å². The minimum atomic E-state index is 0.327.